The van der Waals surface area contributed by atoms with E-state index in [2.05, 4.69) is 5.32 Å². The van der Waals surface area contributed by atoms with E-state index in [1.54, 1.807) is 67.8 Å². The van der Waals surface area contributed by atoms with Gasteiger partial charge in [-0.25, -0.2) is 8.42 Å². The van der Waals surface area contributed by atoms with Gasteiger partial charge in [0.25, 0.3) is 10.0 Å². The van der Waals surface area contributed by atoms with Crippen molar-refractivity contribution in [2.45, 2.75) is 18.4 Å². The molecule has 0 aliphatic heterocycles. The fourth-order valence-electron chi connectivity index (χ4n) is 3.15. The van der Waals surface area contributed by atoms with Gasteiger partial charge in [-0.3, -0.25) is 9.10 Å². The lowest BCUT2D eigenvalue weighted by atomic mass is 10.2. The highest BCUT2D eigenvalue weighted by atomic mass is 32.2. The molecule has 0 spiro atoms. The van der Waals surface area contributed by atoms with E-state index < -0.39 is 15.9 Å². The zero-order valence-electron chi connectivity index (χ0n) is 18.0. The van der Waals surface area contributed by atoms with Gasteiger partial charge in [0.2, 0.25) is 5.91 Å². The Morgan fingerprint density at radius 3 is 2.34 bits per heavy atom. The number of rotatable bonds is 10. The predicted octanol–water partition coefficient (Wildman–Crippen LogP) is 4.07. The fraction of sp³-hybridized carbons (Fsp3) is 0.208. The highest BCUT2D eigenvalue weighted by Gasteiger charge is 2.27. The number of nitrogens with one attached hydrogen (secondary N) is 1. The maximum Gasteiger partial charge on any atom is 0.264 e. The van der Waals surface area contributed by atoms with Gasteiger partial charge in [0, 0.05) is 12.8 Å². The van der Waals surface area contributed by atoms with Crippen molar-refractivity contribution in [2.75, 3.05) is 29.9 Å². The van der Waals surface area contributed by atoms with E-state index in [0.717, 1.165) is 9.87 Å². The number of hydrogen-bond donors (Lipinski definition) is 1. The number of para-hydroxylation sites is 1. The molecule has 0 aromatic heterocycles. The normalized spacial score (nSPS) is 11.1. The summed E-state index contributed by atoms with van der Waals surface area (Å²) in [6.07, 6.45) is 0. The van der Waals surface area contributed by atoms with Crippen molar-refractivity contribution in [3.05, 3.63) is 84.4 Å². The van der Waals surface area contributed by atoms with Crippen molar-refractivity contribution in [3.8, 4) is 5.75 Å². The molecule has 1 amide bonds. The predicted molar refractivity (Wildman–Crippen MR) is 124 cm³/mol. The Kier molecular flexibility index (Phi) is 7.86. The summed E-state index contributed by atoms with van der Waals surface area (Å²) in [5.41, 5.74) is 1.85. The van der Waals surface area contributed by atoms with Gasteiger partial charge in [-0.15, -0.1) is 0 Å². The Bertz CT molecular complexity index is 1130. The molecule has 1 N–H and O–H groups in total. The van der Waals surface area contributed by atoms with Crippen LogP contribution in [0.4, 0.5) is 11.4 Å². The molecular weight excluding hydrogens is 428 g/mol. The highest BCUT2D eigenvalue weighted by Crippen LogP contribution is 2.25. The number of carbonyl (C=O) groups excluding carboxylic acids is 1. The Morgan fingerprint density at radius 2 is 1.69 bits per heavy atom. The van der Waals surface area contributed by atoms with Crippen LogP contribution in [0.15, 0.2) is 83.8 Å². The molecule has 32 heavy (non-hydrogen) atoms. The molecule has 0 aliphatic rings. The van der Waals surface area contributed by atoms with Crippen LogP contribution in [-0.2, 0) is 26.2 Å². The minimum atomic E-state index is -3.99. The number of nitrogens with zero attached hydrogens (tertiary/aromatic N) is 1. The standard InChI is InChI=1S/C24H26N2O5S/c1-3-31-22-12-14-23(15-13-22)32(28,29)26(21-10-5-4-6-11-21)17-24(27)25-20-9-7-8-19(16-20)18-30-2/h4-16H,3,17-18H2,1-2H3,(H,25,27). The molecule has 0 bridgehead atoms. The topological polar surface area (TPSA) is 84.9 Å². The number of amides is 1. The first kappa shape index (κ1) is 23.3. The Balaban J connectivity index is 1.86. The Labute approximate surface area is 188 Å². The first-order valence-corrected chi connectivity index (χ1v) is 11.6. The number of carbonyl (C=O) groups is 1. The monoisotopic (exact) mass is 454 g/mol. The summed E-state index contributed by atoms with van der Waals surface area (Å²) in [4.78, 5) is 12.9. The molecule has 0 radical (unpaired) electrons. The highest BCUT2D eigenvalue weighted by molar-refractivity contribution is 7.92. The first-order valence-electron chi connectivity index (χ1n) is 10.1. The van der Waals surface area contributed by atoms with Crippen molar-refractivity contribution in [2.24, 2.45) is 0 Å². The fourth-order valence-corrected chi connectivity index (χ4v) is 4.57. The van der Waals surface area contributed by atoms with Crippen LogP contribution in [0.3, 0.4) is 0 Å². The van der Waals surface area contributed by atoms with E-state index in [1.165, 1.54) is 12.1 Å². The molecule has 168 valence electrons. The third kappa shape index (κ3) is 5.87. The van der Waals surface area contributed by atoms with Crippen molar-refractivity contribution < 1.29 is 22.7 Å². The minimum Gasteiger partial charge on any atom is -0.494 e. The Hall–Kier alpha value is -3.36. The van der Waals surface area contributed by atoms with Crippen LogP contribution in [0.25, 0.3) is 0 Å². The third-order valence-corrected chi connectivity index (χ3v) is 6.36. The number of sulfonamides is 1. The smallest absolute Gasteiger partial charge is 0.264 e. The van der Waals surface area contributed by atoms with Crippen molar-refractivity contribution >= 4 is 27.3 Å². The molecule has 0 heterocycles. The van der Waals surface area contributed by atoms with Gasteiger partial charge in [-0.05, 0) is 61.0 Å². The summed E-state index contributed by atoms with van der Waals surface area (Å²) >= 11 is 0. The Morgan fingerprint density at radius 1 is 0.969 bits per heavy atom. The second kappa shape index (κ2) is 10.8. The van der Waals surface area contributed by atoms with Crippen LogP contribution in [-0.4, -0.2) is 34.6 Å². The molecule has 0 unspecified atom stereocenters. The maximum absolute atomic E-state index is 13.4. The SMILES string of the molecule is CCOc1ccc(S(=O)(=O)N(CC(=O)Nc2cccc(COC)c2)c2ccccc2)cc1. The lowest BCUT2D eigenvalue weighted by molar-refractivity contribution is -0.114. The van der Waals surface area contributed by atoms with Gasteiger partial charge < -0.3 is 14.8 Å². The molecule has 0 aliphatic carbocycles. The van der Waals surface area contributed by atoms with E-state index in [0.29, 0.717) is 30.3 Å². The van der Waals surface area contributed by atoms with Crippen LogP contribution in [0.5, 0.6) is 5.75 Å². The van der Waals surface area contributed by atoms with Crippen LogP contribution >= 0.6 is 0 Å². The van der Waals surface area contributed by atoms with Crippen molar-refractivity contribution in [3.63, 3.8) is 0 Å². The zero-order chi connectivity index (χ0) is 23.0. The van der Waals surface area contributed by atoms with E-state index >= 15 is 0 Å². The summed E-state index contributed by atoms with van der Waals surface area (Å²) < 4.78 is 38.4. The molecule has 0 saturated heterocycles. The summed E-state index contributed by atoms with van der Waals surface area (Å²) in [6, 6.07) is 21.9. The lowest BCUT2D eigenvalue weighted by Crippen LogP contribution is -2.38. The van der Waals surface area contributed by atoms with Gasteiger partial charge >= 0.3 is 0 Å². The first-order chi connectivity index (χ1) is 15.4. The zero-order valence-corrected chi connectivity index (χ0v) is 18.8. The van der Waals surface area contributed by atoms with Gasteiger partial charge in [0.1, 0.15) is 12.3 Å². The molecular formula is C24H26N2O5S. The summed E-state index contributed by atoms with van der Waals surface area (Å²) in [7, 11) is -2.40. The molecule has 3 aromatic rings. The molecule has 0 atom stereocenters. The molecule has 0 fully saturated rings. The number of hydrogen-bond acceptors (Lipinski definition) is 5. The maximum atomic E-state index is 13.4. The average Bonchev–Trinajstić information content (AvgIpc) is 2.79. The molecule has 0 saturated carbocycles. The largest absolute Gasteiger partial charge is 0.494 e. The summed E-state index contributed by atoms with van der Waals surface area (Å²) in [5.74, 6) is 0.115. The van der Waals surface area contributed by atoms with E-state index in [1.807, 2.05) is 13.0 Å². The number of methoxy groups -OCH3 is 1. The van der Waals surface area contributed by atoms with Crippen LogP contribution in [0.1, 0.15) is 12.5 Å². The van der Waals surface area contributed by atoms with Gasteiger partial charge in [0.15, 0.2) is 0 Å². The van der Waals surface area contributed by atoms with E-state index in [4.69, 9.17) is 9.47 Å². The van der Waals surface area contributed by atoms with Crippen LogP contribution in [0, 0.1) is 0 Å². The lowest BCUT2D eigenvalue weighted by Gasteiger charge is -2.24. The quantitative estimate of drug-likeness (QED) is 0.499. The number of ether oxygens (including phenoxy) is 2. The van der Waals surface area contributed by atoms with E-state index in [9.17, 15) is 13.2 Å². The molecule has 7 nitrogen and oxygen atoms in total. The molecule has 3 aromatic carbocycles. The van der Waals surface area contributed by atoms with E-state index in [-0.39, 0.29) is 11.4 Å². The van der Waals surface area contributed by atoms with Gasteiger partial charge in [-0.1, -0.05) is 30.3 Å². The number of anilines is 2. The number of benzene rings is 3. The third-order valence-electron chi connectivity index (χ3n) is 4.58. The molecule has 3 rings (SSSR count). The summed E-state index contributed by atoms with van der Waals surface area (Å²) in [6.45, 7) is 2.36. The van der Waals surface area contributed by atoms with Gasteiger partial charge in [-0.2, -0.15) is 0 Å². The second-order valence-electron chi connectivity index (χ2n) is 6.93. The van der Waals surface area contributed by atoms with Gasteiger partial charge in [0.05, 0.1) is 23.8 Å². The van der Waals surface area contributed by atoms with Crippen LogP contribution in [0.2, 0.25) is 0 Å². The second-order valence-corrected chi connectivity index (χ2v) is 8.80. The summed E-state index contributed by atoms with van der Waals surface area (Å²) in [5, 5.41) is 2.77. The average molecular weight is 455 g/mol. The van der Waals surface area contributed by atoms with Crippen molar-refractivity contribution in [1.82, 2.24) is 0 Å². The van der Waals surface area contributed by atoms with Crippen molar-refractivity contribution in [1.29, 1.82) is 0 Å². The van der Waals surface area contributed by atoms with Crippen LogP contribution < -0.4 is 14.4 Å². The minimum absolute atomic E-state index is 0.0692. The molecule has 8 heteroatoms.